The fourth-order valence-electron chi connectivity index (χ4n) is 4.98. The van der Waals surface area contributed by atoms with Gasteiger partial charge >= 0.3 is 6.03 Å². The highest BCUT2D eigenvalue weighted by molar-refractivity contribution is 5.90. The summed E-state index contributed by atoms with van der Waals surface area (Å²) in [5.41, 5.74) is 3.69. The Hall–Kier alpha value is -2.47. The molecule has 0 unspecified atom stereocenters. The third kappa shape index (κ3) is 3.05. The van der Waals surface area contributed by atoms with Crippen molar-refractivity contribution in [3.63, 3.8) is 0 Å². The first-order valence-corrected chi connectivity index (χ1v) is 10.1. The van der Waals surface area contributed by atoms with Gasteiger partial charge in [0.15, 0.2) is 0 Å². The second kappa shape index (κ2) is 7.17. The second-order valence-corrected chi connectivity index (χ2v) is 7.97. The number of carbonyl (C=O) groups excluding carboxylic acids is 1. The van der Waals surface area contributed by atoms with Crippen LogP contribution in [0.25, 0.3) is 0 Å². The van der Waals surface area contributed by atoms with Crippen molar-refractivity contribution in [2.45, 2.75) is 50.1 Å². The van der Waals surface area contributed by atoms with Crippen LogP contribution in [0, 0.1) is 5.95 Å². The van der Waals surface area contributed by atoms with E-state index in [4.69, 9.17) is 4.74 Å². The molecule has 2 saturated heterocycles. The molecular formula is C22H24FN3O2. The number of hydrogen-bond donors (Lipinski definition) is 1. The molecule has 6 heteroatoms. The van der Waals surface area contributed by atoms with Gasteiger partial charge in [0.1, 0.15) is 0 Å². The van der Waals surface area contributed by atoms with Crippen molar-refractivity contribution >= 4 is 11.7 Å². The number of urea groups is 1. The normalized spacial score (nSPS) is 24.1. The Morgan fingerprint density at radius 1 is 1.11 bits per heavy atom. The number of aromatic nitrogens is 1. The van der Waals surface area contributed by atoms with Gasteiger partial charge in [0.05, 0.1) is 6.04 Å². The van der Waals surface area contributed by atoms with E-state index >= 15 is 0 Å². The van der Waals surface area contributed by atoms with Crippen LogP contribution >= 0.6 is 0 Å². The average molecular weight is 381 g/mol. The number of hydrogen-bond acceptors (Lipinski definition) is 3. The topological polar surface area (TPSA) is 54.5 Å². The Morgan fingerprint density at radius 2 is 1.89 bits per heavy atom. The summed E-state index contributed by atoms with van der Waals surface area (Å²) in [5, 5.41) is 3.04. The van der Waals surface area contributed by atoms with Crippen molar-refractivity contribution in [1.29, 1.82) is 0 Å². The summed E-state index contributed by atoms with van der Waals surface area (Å²) in [6.07, 6.45) is 5.91. The van der Waals surface area contributed by atoms with Gasteiger partial charge in [0.25, 0.3) is 0 Å². The molecule has 0 saturated carbocycles. The number of benzene rings is 1. The van der Waals surface area contributed by atoms with Gasteiger partial charge in [-0.05, 0) is 67.3 Å². The van der Waals surface area contributed by atoms with Crippen LogP contribution < -0.4 is 5.32 Å². The monoisotopic (exact) mass is 381 g/mol. The first-order valence-electron chi connectivity index (χ1n) is 10.1. The fraction of sp³-hybridized carbons (Fsp3) is 0.455. The van der Waals surface area contributed by atoms with Crippen molar-refractivity contribution in [1.82, 2.24) is 9.88 Å². The Balaban J connectivity index is 1.31. The largest absolute Gasteiger partial charge is 0.381 e. The van der Waals surface area contributed by atoms with Gasteiger partial charge in [0, 0.05) is 36.7 Å². The van der Waals surface area contributed by atoms with Gasteiger partial charge in [-0.2, -0.15) is 4.39 Å². The predicted octanol–water partition coefficient (Wildman–Crippen LogP) is 4.41. The number of ether oxygens (including phenoxy) is 1. The molecule has 2 fully saturated rings. The molecule has 5 rings (SSSR count). The molecule has 0 aliphatic carbocycles. The van der Waals surface area contributed by atoms with Crippen LogP contribution in [0.3, 0.4) is 0 Å². The lowest BCUT2D eigenvalue weighted by molar-refractivity contribution is 0.0853. The molecule has 0 spiro atoms. The molecule has 2 amide bonds. The Labute approximate surface area is 163 Å². The van der Waals surface area contributed by atoms with Crippen LogP contribution in [0.2, 0.25) is 0 Å². The molecule has 3 aliphatic rings. The minimum Gasteiger partial charge on any atom is -0.381 e. The summed E-state index contributed by atoms with van der Waals surface area (Å²) < 4.78 is 19.5. The van der Waals surface area contributed by atoms with Gasteiger partial charge in [-0.1, -0.05) is 12.1 Å². The Bertz CT molecular complexity index is 880. The van der Waals surface area contributed by atoms with Crippen LogP contribution in [0.1, 0.15) is 54.3 Å². The van der Waals surface area contributed by atoms with Gasteiger partial charge in [-0.3, -0.25) is 0 Å². The zero-order valence-electron chi connectivity index (χ0n) is 15.7. The number of pyridine rings is 1. The molecule has 0 radical (unpaired) electrons. The van der Waals surface area contributed by atoms with Crippen molar-refractivity contribution < 1.29 is 13.9 Å². The van der Waals surface area contributed by atoms with E-state index in [2.05, 4.69) is 22.4 Å². The third-order valence-corrected chi connectivity index (χ3v) is 6.43. The van der Waals surface area contributed by atoms with Crippen molar-refractivity contribution in [2.24, 2.45) is 0 Å². The Kier molecular flexibility index (Phi) is 4.51. The molecule has 2 bridgehead atoms. The molecule has 4 heterocycles. The highest BCUT2D eigenvalue weighted by Gasteiger charge is 2.43. The third-order valence-electron chi connectivity index (χ3n) is 6.43. The molecule has 5 nitrogen and oxygen atoms in total. The number of carbonyl (C=O) groups is 1. The lowest BCUT2D eigenvalue weighted by atomic mass is 9.92. The Morgan fingerprint density at radius 3 is 2.68 bits per heavy atom. The summed E-state index contributed by atoms with van der Waals surface area (Å²) in [6, 6.07) is 9.89. The lowest BCUT2D eigenvalue weighted by Gasteiger charge is -2.36. The number of fused-ring (bicyclic) bond motifs is 4. The predicted molar refractivity (Wildman–Crippen MR) is 104 cm³/mol. The van der Waals surface area contributed by atoms with Crippen molar-refractivity contribution in [3.05, 3.63) is 59.2 Å². The smallest absolute Gasteiger partial charge is 0.322 e. The van der Waals surface area contributed by atoms with Crippen LogP contribution in [0.4, 0.5) is 14.9 Å². The van der Waals surface area contributed by atoms with Crippen LogP contribution in [-0.4, -0.2) is 35.2 Å². The fourth-order valence-corrected chi connectivity index (χ4v) is 4.98. The molecule has 2 atom stereocenters. The highest BCUT2D eigenvalue weighted by atomic mass is 19.1. The van der Waals surface area contributed by atoms with Crippen LogP contribution in [-0.2, 0) is 11.2 Å². The quantitative estimate of drug-likeness (QED) is 0.784. The first-order chi connectivity index (χ1) is 13.7. The summed E-state index contributed by atoms with van der Waals surface area (Å²) >= 11 is 0. The second-order valence-electron chi connectivity index (χ2n) is 7.97. The van der Waals surface area contributed by atoms with Gasteiger partial charge in [-0.25, -0.2) is 9.78 Å². The average Bonchev–Trinajstić information content (AvgIpc) is 3.05. The van der Waals surface area contributed by atoms with Crippen LogP contribution in [0.5, 0.6) is 0 Å². The molecule has 3 aliphatic heterocycles. The van der Waals surface area contributed by atoms with E-state index in [1.165, 1.54) is 11.8 Å². The zero-order valence-corrected chi connectivity index (χ0v) is 15.7. The van der Waals surface area contributed by atoms with Gasteiger partial charge < -0.3 is 15.0 Å². The standard InChI is InChI=1S/C22H24FN3O2/c23-21-19-13-17-5-6-20(18(19)7-10-24-21)26(17)22(27)25-16-3-1-14(2-4-16)15-8-11-28-12-9-15/h1-4,7,10,15,17,20H,5-6,8-9,11-13H2,(H,25,27)/t17-,20+/m0/s1. The maximum Gasteiger partial charge on any atom is 0.322 e. The van der Waals surface area contributed by atoms with E-state index in [9.17, 15) is 9.18 Å². The van der Waals surface area contributed by atoms with Gasteiger partial charge in [-0.15, -0.1) is 0 Å². The number of nitrogens with one attached hydrogen (secondary N) is 1. The van der Waals surface area contributed by atoms with Crippen LogP contribution in [0.15, 0.2) is 36.5 Å². The summed E-state index contributed by atoms with van der Waals surface area (Å²) in [5.74, 6) is 0.148. The maximum atomic E-state index is 14.1. The van der Waals surface area contributed by atoms with E-state index in [1.807, 2.05) is 23.1 Å². The summed E-state index contributed by atoms with van der Waals surface area (Å²) in [7, 11) is 0. The number of rotatable bonds is 2. The van der Waals surface area contributed by atoms with Crippen molar-refractivity contribution in [3.8, 4) is 0 Å². The number of nitrogens with zero attached hydrogens (tertiary/aromatic N) is 2. The molecule has 28 heavy (non-hydrogen) atoms. The van der Waals surface area contributed by atoms with E-state index in [0.717, 1.165) is 50.1 Å². The summed E-state index contributed by atoms with van der Waals surface area (Å²) in [6.45, 7) is 1.64. The molecule has 2 aromatic rings. The minimum absolute atomic E-state index is 0.0395. The molecule has 1 aromatic carbocycles. The van der Waals surface area contributed by atoms with E-state index in [-0.39, 0.29) is 18.1 Å². The van der Waals surface area contributed by atoms with E-state index < -0.39 is 5.95 Å². The molecular weight excluding hydrogens is 357 g/mol. The molecule has 146 valence electrons. The highest BCUT2D eigenvalue weighted by Crippen LogP contribution is 2.44. The number of amides is 2. The van der Waals surface area contributed by atoms with E-state index in [1.54, 1.807) is 0 Å². The number of anilines is 1. The number of halogens is 1. The maximum absolute atomic E-state index is 14.1. The molecule has 1 N–H and O–H groups in total. The zero-order chi connectivity index (χ0) is 19.1. The van der Waals surface area contributed by atoms with E-state index in [0.29, 0.717) is 17.9 Å². The van der Waals surface area contributed by atoms with Gasteiger partial charge in [0.2, 0.25) is 5.95 Å². The lowest BCUT2D eigenvalue weighted by Crippen LogP contribution is -2.44. The summed E-state index contributed by atoms with van der Waals surface area (Å²) in [4.78, 5) is 18.7. The first kappa shape index (κ1) is 17.6. The minimum atomic E-state index is -0.391. The van der Waals surface area contributed by atoms with Crippen molar-refractivity contribution in [2.75, 3.05) is 18.5 Å². The molecule has 1 aromatic heterocycles. The SMILES string of the molecule is O=C(Nc1ccc(C2CCOCC2)cc1)N1[C@H]2CC[C@@H]1c1ccnc(F)c1C2.